The van der Waals surface area contributed by atoms with E-state index < -0.39 is 114 Å². The van der Waals surface area contributed by atoms with Crippen LogP contribution in [0.1, 0.15) is 112 Å². The summed E-state index contributed by atoms with van der Waals surface area (Å²) in [7, 11) is 6.01. The molecule has 0 spiro atoms. The summed E-state index contributed by atoms with van der Waals surface area (Å²) in [5.41, 5.74) is 10.8. The molecule has 11 atom stereocenters. The Morgan fingerprint density at radius 1 is 0.765 bits per heavy atom. The normalized spacial score (nSPS) is 17.0. The second-order valence-corrected chi connectivity index (χ2v) is 22.3. The lowest BCUT2D eigenvalue weighted by Gasteiger charge is -2.41. The van der Waals surface area contributed by atoms with E-state index >= 15 is 0 Å². The lowest BCUT2D eigenvalue weighted by Crippen LogP contribution is -2.70. The molecule has 23 nitrogen and oxygen atoms in total. The number of anilines is 1. The zero-order valence-corrected chi connectivity index (χ0v) is 49.8. The number of benzene rings is 2. The van der Waals surface area contributed by atoms with Gasteiger partial charge in [-0.2, -0.15) is 0 Å². The van der Waals surface area contributed by atoms with E-state index in [9.17, 15) is 48.3 Å². The van der Waals surface area contributed by atoms with Crippen molar-refractivity contribution >= 4 is 59.2 Å². The summed E-state index contributed by atoms with van der Waals surface area (Å²) in [5.74, 6) is -5.75. The number of carboxylic acids is 1. The minimum atomic E-state index is -1.18. The first-order valence-corrected chi connectivity index (χ1v) is 28.1. The van der Waals surface area contributed by atoms with Crippen LogP contribution in [0.15, 0.2) is 54.6 Å². The van der Waals surface area contributed by atoms with Gasteiger partial charge in [0.25, 0.3) is 5.91 Å². The Balaban J connectivity index is 1.71. The molecule has 1 fully saturated rings. The zero-order chi connectivity index (χ0) is 60.8. The van der Waals surface area contributed by atoms with Crippen LogP contribution in [0.25, 0.3) is 0 Å². The Labute approximate surface area is 478 Å². The van der Waals surface area contributed by atoms with Gasteiger partial charge >= 0.3 is 18.1 Å². The molecular weight excluding hydrogens is 1040 g/mol. The number of carbonyl (C=O) groups is 9. The number of rotatable bonds is 32. The highest BCUT2D eigenvalue weighted by atomic mass is 16.6. The van der Waals surface area contributed by atoms with Gasteiger partial charge in [0.2, 0.25) is 29.5 Å². The van der Waals surface area contributed by atoms with Crippen LogP contribution >= 0.6 is 0 Å². The summed E-state index contributed by atoms with van der Waals surface area (Å²) in [6.45, 7) is 16.8. The number of methoxy groups -OCH3 is 2. The number of likely N-dealkylation sites (tertiary alicyclic amines) is 1. The highest BCUT2D eigenvalue weighted by Crippen LogP contribution is 2.30. The molecule has 9 amide bonds. The van der Waals surface area contributed by atoms with Crippen molar-refractivity contribution in [3.8, 4) is 0 Å². The average Bonchev–Trinajstić information content (AvgIpc) is 4.01. The molecule has 0 aromatic heterocycles. The zero-order valence-electron chi connectivity index (χ0n) is 49.8. The highest BCUT2D eigenvalue weighted by Gasteiger charge is 2.44. The van der Waals surface area contributed by atoms with Crippen molar-refractivity contribution < 1.29 is 68.2 Å². The summed E-state index contributed by atoms with van der Waals surface area (Å²) < 4.78 is 17.6. The van der Waals surface area contributed by atoms with Gasteiger partial charge < -0.3 is 67.2 Å². The molecule has 2 aromatic rings. The van der Waals surface area contributed by atoms with Crippen LogP contribution in [0.3, 0.4) is 0 Å². The highest BCUT2D eigenvalue weighted by molar-refractivity contribution is 5.98. The van der Waals surface area contributed by atoms with E-state index in [1.165, 1.54) is 31.1 Å². The van der Waals surface area contributed by atoms with Gasteiger partial charge in [-0.25, -0.2) is 14.4 Å². The number of carbonyl (C=O) groups excluding carboxylic acids is 8. The molecule has 2 unspecified atom stereocenters. The SMILES string of the molecule is CC[C@H](C)[C@@H]([C@@H](CC(=O)N1CCC[C@H]1[C@H](OC)[C@@H](C)C(=O)N[C@@H](Cc1ccccc1)C(=O)O)OC)N(C)C(=O)[C@@H](NC(=O)[C@H](C(C)C)N(C)C(=O)OCc1ccc(NC(=O)C(CCCNC(N)=O)NC(=O)C([NH3+])C(C)C)cc1)C(C)C. The van der Waals surface area contributed by atoms with E-state index in [4.69, 9.17) is 19.9 Å². The predicted octanol–water partition coefficient (Wildman–Crippen LogP) is 3.29. The lowest BCUT2D eigenvalue weighted by atomic mass is 9.89. The van der Waals surface area contributed by atoms with Gasteiger partial charge in [-0.1, -0.05) is 111 Å². The van der Waals surface area contributed by atoms with E-state index in [-0.39, 0.29) is 56.1 Å². The van der Waals surface area contributed by atoms with E-state index in [0.29, 0.717) is 43.5 Å². The molecule has 11 N–H and O–H groups in total. The number of nitrogens with two attached hydrogens (primary N) is 1. The fraction of sp³-hybridized carbons (Fsp3) is 0.638. The average molecular weight is 1140 g/mol. The second-order valence-electron chi connectivity index (χ2n) is 22.3. The van der Waals surface area contributed by atoms with E-state index in [1.807, 2.05) is 33.8 Å². The third-order valence-corrected chi connectivity index (χ3v) is 15.3. The molecule has 1 heterocycles. The van der Waals surface area contributed by atoms with Crippen LogP contribution < -0.4 is 38.1 Å². The van der Waals surface area contributed by atoms with Crippen molar-refractivity contribution in [3.63, 3.8) is 0 Å². The molecule has 452 valence electrons. The lowest BCUT2D eigenvalue weighted by molar-refractivity contribution is -0.414. The van der Waals surface area contributed by atoms with Gasteiger partial charge in [0.15, 0.2) is 6.04 Å². The third-order valence-electron chi connectivity index (χ3n) is 15.3. The Kier molecular flexibility index (Phi) is 28.0. The molecule has 81 heavy (non-hydrogen) atoms. The van der Waals surface area contributed by atoms with E-state index in [0.717, 1.165) is 5.56 Å². The molecule has 23 heteroatoms. The number of ether oxygens (including phenoxy) is 3. The maximum Gasteiger partial charge on any atom is 0.410 e. The molecular formula is C58H93N10O13+. The maximum atomic E-state index is 14.7. The quantitative estimate of drug-likeness (QED) is 0.0489. The molecule has 1 aliphatic rings. The summed E-state index contributed by atoms with van der Waals surface area (Å²) in [6, 6.07) is 8.85. The number of urea groups is 1. The fourth-order valence-electron chi connectivity index (χ4n) is 10.2. The summed E-state index contributed by atoms with van der Waals surface area (Å²) in [5, 5.41) is 23.6. The van der Waals surface area contributed by atoms with E-state index in [2.05, 4.69) is 32.3 Å². The number of carboxylic acid groups (broad SMARTS) is 1. The van der Waals surface area contributed by atoms with Gasteiger partial charge in [0.1, 0.15) is 30.8 Å². The van der Waals surface area contributed by atoms with Crippen molar-refractivity contribution in [1.82, 2.24) is 36.0 Å². The molecule has 1 aliphatic heterocycles. The molecule has 0 aliphatic carbocycles. The molecule has 0 bridgehead atoms. The Morgan fingerprint density at radius 3 is 1.94 bits per heavy atom. The molecule has 3 rings (SSSR count). The second kappa shape index (κ2) is 33.2. The summed E-state index contributed by atoms with van der Waals surface area (Å²) in [4.78, 5) is 125. The van der Waals surface area contributed by atoms with Gasteiger partial charge in [-0.15, -0.1) is 0 Å². The number of primary amides is 1. The van der Waals surface area contributed by atoms with Crippen LogP contribution in [0, 0.1) is 29.6 Å². The number of quaternary nitrogens is 1. The molecule has 2 aromatic carbocycles. The molecule has 1 saturated heterocycles. The first-order chi connectivity index (χ1) is 38.2. The van der Waals surface area contributed by atoms with Crippen LogP contribution in [0.2, 0.25) is 0 Å². The van der Waals surface area contributed by atoms with Gasteiger partial charge in [0, 0.05) is 59.4 Å². The number of aliphatic carboxylic acids is 1. The van der Waals surface area contributed by atoms with Crippen molar-refractivity contribution in [1.29, 1.82) is 0 Å². The predicted molar refractivity (Wildman–Crippen MR) is 305 cm³/mol. The smallest absolute Gasteiger partial charge is 0.410 e. The van der Waals surface area contributed by atoms with Gasteiger partial charge in [0.05, 0.1) is 36.6 Å². The van der Waals surface area contributed by atoms with Crippen LogP contribution in [0.4, 0.5) is 15.3 Å². The minimum Gasteiger partial charge on any atom is -0.480 e. The standard InChI is InChI=1S/C58H92N10O13/c1-14-36(8)49(44(79-12)31-45(69)68-29-19-23-43(68)50(80-13)37(9)51(70)64-42(56(75)76)30-38-20-16-15-17-21-38)66(10)55(74)47(34(4)5)65-54(73)48(35(6)7)67(11)58(78)81-32-39-24-26-40(27-25-39)62-52(71)41(22-18-28-61-57(60)77)63-53(72)46(59)33(2)3/h15-17,20-21,24-27,33-37,41-44,46-50H,14,18-19,22-23,28-32,59H2,1-13H3,(H,62,71)(H,63,72)(H,64,70)(H,65,73)(H,75,76)(H3,60,61,77)/p+1/t36-,37+,41?,42-,43-,44+,46?,47-,48-,49-,50+/m0/s1. The molecule has 0 radical (unpaired) electrons. The number of hydrogen-bond donors (Lipinski definition) is 8. The van der Waals surface area contributed by atoms with Crippen LogP contribution in [-0.2, 0) is 60.8 Å². The summed E-state index contributed by atoms with van der Waals surface area (Å²) >= 11 is 0. The van der Waals surface area contributed by atoms with Crippen molar-refractivity contribution in [2.24, 2.45) is 35.3 Å². The topological polar surface area (TPSA) is 325 Å². The number of amides is 9. The van der Waals surface area contributed by atoms with E-state index in [1.54, 1.807) is 95.1 Å². The van der Waals surface area contributed by atoms with Crippen LogP contribution in [0.5, 0.6) is 0 Å². The number of hydrogen-bond acceptors (Lipinski definition) is 12. The Hall–Kier alpha value is -6.85. The van der Waals surface area contributed by atoms with Gasteiger partial charge in [-0.3, -0.25) is 33.7 Å². The third kappa shape index (κ3) is 20.3. The largest absolute Gasteiger partial charge is 0.480 e. The van der Waals surface area contributed by atoms with Crippen LogP contribution in [-0.4, -0.2) is 169 Å². The first-order valence-electron chi connectivity index (χ1n) is 28.1. The number of nitrogens with one attached hydrogen (secondary N) is 5. The Morgan fingerprint density at radius 2 is 1.40 bits per heavy atom. The summed E-state index contributed by atoms with van der Waals surface area (Å²) in [6.07, 6.45) is -0.0169. The van der Waals surface area contributed by atoms with Gasteiger partial charge in [-0.05, 0) is 66.7 Å². The van der Waals surface area contributed by atoms with Crippen molar-refractivity contribution in [3.05, 3.63) is 65.7 Å². The fourth-order valence-corrected chi connectivity index (χ4v) is 10.2. The van der Waals surface area contributed by atoms with Crippen molar-refractivity contribution in [2.75, 3.05) is 46.7 Å². The molecule has 0 saturated carbocycles. The minimum absolute atomic E-state index is 0.0674. The number of likely N-dealkylation sites (N-methyl/N-ethyl adjacent to an activating group) is 2. The Bertz CT molecular complexity index is 2390. The van der Waals surface area contributed by atoms with Crippen molar-refractivity contribution in [2.45, 2.75) is 168 Å². The monoisotopic (exact) mass is 1140 g/mol. The number of nitrogens with zero attached hydrogens (tertiary/aromatic N) is 3. The first kappa shape index (κ1) is 68.4. The maximum absolute atomic E-state index is 14.7.